The Labute approximate surface area is 201 Å². The van der Waals surface area contributed by atoms with Gasteiger partial charge in [0.1, 0.15) is 0 Å². The van der Waals surface area contributed by atoms with E-state index >= 15 is 0 Å². The number of tetrazole rings is 1. The van der Waals surface area contributed by atoms with Crippen LogP contribution in [0.15, 0.2) is 84.9 Å². The molecule has 1 aliphatic rings. The van der Waals surface area contributed by atoms with Gasteiger partial charge in [-0.15, -0.1) is 10.2 Å². The highest BCUT2D eigenvalue weighted by Gasteiger charge is 2.34. The fourth-order valence-corrected chi connectivity index (χ4v) is 3.94. The van der Waals surface area contributed by atoms with Crippen LogP contribution in [0.5, 0.6) is 0 Å². The molecule has 1 aromatic heterocycles. The number of benzene rings is 3. The molecule has 2 amide bonds. The highest BCUT2D eigenvalue weighted by molar-refractivity contribution is 5.95. The molecule has 0 spiro atoms. The molecule has 4 N–H and O–H groups in total. The lowest BCUT2D eigenvalue weighted by Crippen LogP contribution is -2.46. The molecule has 2 atom stereocenters. The number of carbonyl (C=O) groups excluding carboxylic acids is 2. The van der Waals surface area contributed by atoms with Crippen molar-refractivity contribution in [2.45, 2.75) is 12.6 Å². The monoisotopic (exact) mass is 468 g/mol. The van der Waals surface area contributed by atoms with Gasteiger partial charge in [0.2, 0.25) is 11.7 Å². The second-order valence-electron chi connectivity index (χ2n) is 8.17. The third-order valence-electron chi connectivity index (χ3n) is 5.80. The number of hydrazine groups is 2. The smallest absolute Gasteiger partial charge is 0.269 e. The van der Waals surface area contributed by atoms with Crippen LogP contribution in [-0.2, 0) is 11.3 Å². The molecular formula is C25H24N8O2. The van der Waals surface area contributed by atoms with E-state index in [0.717, 1.165) is 16.7 Å². The van der Waals surface area contributed by atoms with E-state index in [4.69, 9.17) is 0 Å². The normalized spacial score (nSPS) is 17.1. The van der Waals surface area contributed by atoms with Crippen molar-refractivity contribution in [1.82, 2.24) is 41.9 Å². The van der Waals surface area contributed by atoms with Crippen molar-refractivity contribution in [2.75, 3.05) is 6.54 Å². The summed E-state index contributed by atoms with van der Waals surface area (Å²) in [4.78, 5) is 26.8. The first-order valence-electron chi connectivity index (χ1n) is 11.2. The first-order valence-corrected chi connectivity index (χ1v) is 11.2. The third-order valence-corrected chi connectivity index (χ3v) is 5.80. The fourth-order valence-electron chi connectivity index (χ4n) is 3.94. The zero-order valence-electron chi connectivity index (χ0n) is 18.8. The van der Waals surface area contributed by atoms with Crippen molar-refractivity contribution < 1.29 is 9.59 Å². The topological polar surface area (TPSA) is 126 Å². The number of aromatic nitrogens is 4. The lowest BCUT2D eigenvalue weighted by atomic mass is 9.94. The maximum absolute atomic E-state index is 12.7. The molecule has 5 rings (SSSR count). The van der Waals surface area contributed by atoms with Gasteiger partial charge in [0, 0.05) is 17.7 Å². The van der Waals surface area contributed by atoms with Crippen LogP contribution < -0.4 is 21.7 Å². The predicted molar refractivity (Wildman–Crippen MR) is 128 cm³/mol. The quantitative estimate of drug-likeness (QED) is 0.317. The van der Waals surface area contributed by atoms with Gasteiger partial charge in [0.15, 0.2) is 0 Å². The minimum absolute atomic E-state index is 0.180. The number of hydrogen-bond donors (Lipinski definition) is 4. The van der Waals surface area contributed by atoms with Gasteiger partial charge in [0.05, 0.1) is 18.5 Å². The Kier molecular flexibility index (Phi) is 6.55. The summed E-state index contributed by atoms with van der Waals surface area (Å²) >= 11 is 0. The summed E-state index contributed by atoms with van der Waals surface area (Å²) < 4.78 is 0. The van der Waals surface area contributed by atoms with Gasteiger partial charge in [-0.05, 0) is 28.5 Å². The molecule has 1 fully saturated rings. The zero-order valence-corrected chi connectivity index (χ0v) is 18.8. The van der Waals surface area contributed by atoms with Gasteiger partial charge in [-0.1, -0.05) is 72.8 Å². The summed E-state index contributed by atoms with van der Waals surface area (Å²) in [7, 11) is 0. The molecule has 0 radical (unpaired) electrons. The first kappa shape index (κ1) is 22.4. The Bertz CT molecular complexity index is 1290. The number of rotatable bonds is 6. The van der Waals surface area contributed by atoms with Gasteiger partial charge in [0.25, 0.3) is 5.91 Å². The molecule has 2 unspecified atom stereocenters. The van der Waals surface area contributed by atoms with Gasteiger partial charge in [-0.3, -0.25) is 25.9 Å². The molecule has 1 saturated heterocycles. The first-order chi connectivity index (χ1) is 17.2. The summed E-state index contributed by atoms with van der Waals surface area (Å²) in [6.07, 6.45) is 0. The molecule has 176 valence electrons. The Morgan fingerprint density at radius 3 is 2.37 bits per heavy atom. The second kappa shape index (κ2) is 10.2. The highest BCUT2D eigenvalue weighted by Crippen LogP contribution is 2.24. The van der Waals surface area contributed by atoms with Crippen LogP contribution in [0.25, 0.3) is 11.4 Å². The van der Waals surface area contributed by atoms with Crippen LogP contribution in [0.4, 0.5) is 0 Å². The van der Waals surface area contributed by atoms with Gasteiger partial charge < -0.3 is 0 Å². The van der Waals surface area contributed by atoms with E-state index < -0.39 is 5.91 Å². The molecular weight excluding hydrogens is 444 g/mol. The van der Waals surface area contributed by atoms with Crippen molar-refractivity contribution in [2.24, 2.45) is 5.92 Å². The summed E-state index contributed by atoms with van der Waals surface area (Å²) in [6, 6.07) is 26.2. The van der Waals surface area contributed by atoms with E-state index in [1.54, 1.807) is 12.1 Å². The maximum Gasteiger partial charge on any atom is 0.269 e. The molecule has 10 nitrogen and oxygen atoms in total. The van der Waals surface area contributed by atoms with Crippen LogP contribution in [0.2, 0.25) is 0 Å². The highest BCUT2D eigenvalue weighted by atomic mass is 16.2. The van der Waals surface area contributed by atoms with E-state index in [-0.39, 0.29) is 17.9 Å². The maximum atomic E-state index is 12.7. The molecule has 0 aliphatic carbocycles. The van der Waals surface area contributed by atoms with Crippen LogP contribution in [0, 0.1) is 5.92 Å². The van der Waals surface area contributed by atoms with Crippen molar-refractivity contribution >= 4 is 11.8 Å². The SMILES string of the molecule is O=C(NNC(=O)C1CNNC1c1ccccc1)c1ccc(Cn2nnc(-c3ccccc3)n2)cc1. The van der Waals surface area contributed by atoms with Crippen molar-refractivity contribution in [3.05, 3.63) is 102 Å². The average Bonchev–Trinajstić information content (AvgIpc) is 3.59. The van der Waals surface area contributed by atoms with E-state index in [9.17, 15) is 9.59 Å². The van der Waals surface area contributed by atoms with E-state index in [1.165, 1.54) is 4.80 Å². The summed E-state index contributed by atoms with van der Waals surface area (Å²) in [5.41, 5.74) is 14.4. The van der Waals surface area contributed by atoms with Crippen LogP contribution in [-0.4, -0.2) is 38.6 Å². The lowest BCUT2D eigenvalue weighted by molar-refractivity contribution is -0.125. The number of nitrogens with one attached hydrogen (secondary N) is 4. The fraction of sp³-hybridized carbons (Fsp3) is 0.160. The Hall–Kier alpha value is -4.41. The molecule has 1 aliphatic heterocycles. The van der Waals surface area contributed by atoms with Crippen LogP contribution in [0.1, 0.15) is 27.5 Å². The molecule has 0 bridgehead atoms. The van der Waals surface area contributed by atoms with Crippen molar-refractivity contribution in [3.63, 3.8) is 0 Å². The summed E-state index contributed by atoms with van der Waals surface area (Å²) in [5, 5.41) is 12.6. The summed E-state index contributed by atoms with van der Waals surface area (Å²) in [5.74, 6) is -0.478. The molecule has 35 heavy (non-hydrogen) atoms. The van der Waals surface area contributed by atoms with Crippen LogP contribution >= 0.6 is 0 Å². The van der Waals surface area contributed by atoms with Crippen LogP contribution in [0.3, 0.4) is 0 Å². The van der Waals surface area contributed by atoms with Crippen molar-refractivity contribution in [1.29, 1.82) is 0 Å². The van der Waals surface area contributed by atoms with E-state index in [0.29, 0.717) is 24.5 Å². The number of hydrogen-bond acceptors (Lipinski definition) is 7. The average molecular weight is 469 g/mol. The number of nitrogens with zero attached hydrogens (tertiary/aromatic N) is 4. The minimum atomic E-state index is -0.398. The third kappa shape index (κ3) is 5.24. The lowest BCUT2D eigenvalue weighted by Gasteiger charge is -2.18. The van der Waals surface area contributed by atoms with E-state index in [2.05, 4.69) is 37.1 Å². The van der Waals surface area contributed by atoms with Gasteiger partial charge in [-0.2, -0.15) is 4.80 Å². The summed E-state index contributed by atoms with van der Waals surface area (Å²) in [6.45, 7) is 0.874. The molecule has 2 heterocycles. The van der Waals surface area contributed by atoms with Gasteiger partial charge in [-0.25, -0.2) is 5.43 Å². The molecule has 4 aromatic rings. The van der Waals surface area contributed by atoms with Gasteiger partial charge >= 0.3 is 0 Å². The number of amides is 2. The largest absolute Gasteiger partial charge is 0.273 e. The Morgan fingerprint density at radius 2 is 1.63 bits per heavy atom. The molecule has 0 saturated carbocycles. The number of carbonyl (C=O) groups is 2. The standard InChI is InChI=1S/C25H24N8O2/c34-24(29-30-25(35)21-15-26-27-22(21)18-7-3-1-4-8-18)20-13-11-17(12-14-20)16-33-31-23(28-32-33)19-9-5-2-6-10-19/h1-14,21-22,26-27H,15-16H2,(H,29,34)(H,30,35). The zero-order chi connectivity index (χ0) is 24.0. The Balaban J connectivity index is 1.15. The van der Waals surface area contributed by atoms with E-state index in [1.807, 2.05) is 72.8 Å². The molecule has 3 aromatic carbocycles. The Morgan fingerprint density at radius 1 is 0.914 bits per heavy atom. The predicted octanol–water partition coefficient (Wildman–Crippen LogP) is 1.61. The minimum Gasteiger partial charge on any atom is -0.273 e. The van der Waals surface area contributed by atoms with Crippen molar-refractivity contribution in [3.8, 4) is 11.4 Å². The second-order valence-corrected chi connectivity index (χ2v) is 8.17. The molecule has 10 heteroatoms.